The average molecular weight is 599 g/mol. The molecule has 1 N–H and O–H groups in total. The van der Waals surface area contributed by atoms with Crippen molar-refractivity contribution in [1.29, 1.82) is 0 Å². The average Bonchev–Trinajstić information content (AvgIpc) is 3.64. The molecular weight excluding hydrogens is 549 g/mol. The first kappa shape index (κ1) is 30.6. The van der Waals surface area contributed by atoms with E-state index in [2.05, 4.69) is 148 Å². The second-order valence-electron chi connectivity index (χ2n) is 14.0. The molecule has 1 heterocycles. The van der Waals surface area contributed by atoms with Gasteiger partial charge in [0, 0.05) is 35.4 Å². The van der Waals surface area contributed by atoms with Crippen LogP contribution in [0.2, 0.25) is 0 Å². The van der Waals surface area contributed by atoms with Gasteiger partial charge in [0.1, 0.15) is 0 Å². The summed E-state index contributed by atoms with van der Waals surface area (Å²) in [6.07, 6.45) is 9.87. The van der Waals surface area contributed by atoms with Gasteiger partial charge in [0.15, 0.2) is 0 Å². The predicted octanol–water partition coefficient (Wildman–Crippen LogP) is 8.51. The summed E-state index contributed by atoms with van der Waals surface area (Å²) < 4.78 is 0. The number of nitrogens with zero attached hydrogens (tertiary/aromatic N) is 1. The lowest BCUT2D eigenvalue weighted by molar-refractivity contribution is 0.423. The highest BCUT2D eigenvalue weighted by Gasteiger charge is 2.50. The van der Waals surface area contributed by atoms with Gasteiger partial charge in [-0.2, -0.15) is 0 Å². The zero-order valence-electron chi connectivity index (χ0n) is 27.5. The van der Waals surface area contributed by atoms with Crippen LogP contribution in [0, 0.1) is 0 Å². The smallest absolute Gasteiger partial charge is 0.201 e. The number of benzene rings is 4. The van der Waals surface area contributed by atoms with Crippen LogP contribution in [0.25, 0.3) is 5.70 Å². The molecule has 2 aliphatic rings. The Bertz CT molecular complexity index is 1520. The van der Waals surface area contributed by atoms with E-state index in [9.17, 15) is 0 Å². The van der Waals surface area contributed by atoms with Crippen LogP contribution in [0.1, 0.15) is 99.2 Å². The molecule has 0 saturated carbocycles. The Hall–Kier alpha value is -3.40. The lowest BCUT2D eigenvalue weighted by Crippen LogP contribution is -2.75. The molecule has 1 unspecified atom stereocenters. The van der Waals surface area contributed by atoms with Crippen LogP contribution in [0.5, 0.6) is 0 Å². The minimum Gasteiger partial charge on any atom is -0.363 e. The van der Waals surface area contributed by atoms with Crippen LogP contribution in [0.4, 0.5) is 0 Å². The molecule has 0 amide bonds. The summed E-state index contributed by atoms with van der Waals surface area (Å²) >= 11 is 0. The molecule has 6 rings (SSSR count). The summed E-state index contributed by atoms with van der Waals surface area (Å²) in [7, 11) is -2.64. The summed E-state index contributed by atoms with van der Waals surface area (Å²) in [5, 5.41) is 2.94. The number of allylic oxidation sites excluding steroid dienone is 1. The fraction of sp³-hybridized carbons (Fsp3) is 0.366. The van der Waals surface area contributed by atoms with Gasteiger partial charge >= 0.3 is 0 Å². The Morgan fingerprint density at radius 1 is 0.682 bits per heavy atom. The minimum atomic E-state index is -2.64. The summed E-state index contributed by atoms with van der Waals surface area (Å²) in [6, 6.07) is 37.8. The Labute approximate surface area is 267 Å². The second kappa shape index (κ2) is 12.9. The number of hydrogen-bond donors (Lipinski definition) is 1. The van der Waals surface area contributed by atoms with Crippen LogP contribution in [-0.2, 0) is 25.9 Å². The monoisotopic (exact) mass is 598 g/mol. The van der Waals surface area contributed by atoms with Crippen LogP contribution < -0.4 is 15.4 Å². The van der Waals surface area contributed by atoms with E-state index in [4.69, 9.17) is 0 Å². The summed E-state index contributed by atoms with van der Waals surface area (Å²) in [4.78, 5) is 7.03. The minimum absolute atomic E-state index is 0.0661. The fourth-order valence-corrected chi connectivity index (χ4v) is 12.6. The van der Waals surface area contributed by atoms with Gasteiger partial charge in [-0.1, -0.05) is 130 Å². The van der Waals surface area contributed by atoms with Gasteiger partial charge in [-0.05, 0) is 84.6 Å². The largest absolute Gasteiger partial charge is 0.363 e. The molecule has 4 aromatic rings. The Morgan fingerprint density at radius 3 is 1.68 bits per heavy atom. The van der Waals surface area contributed by atoms with Crippen LogP contribution in [0.3, 0.4) is 0 Å². The highest BCUT2D eigenvalue weighted by Crippen LogP contribution is 2.44. The van der Waals surface area contributed by atoms with Crippen molar-refractivity contribution in [2.45, 2.75) is 97.3 Å². The molecule has 0 spiro atoms. The summed E-state index contributed by atoms with van der Waals surface area (Å²) in [5.74, 6) is 0. The van der Waals surface area contributed by atoms with Crippen LogP contribution >= 0.6 is 0 Å². The summed E-state index contributed by atoms with van der Waals surface area (Å²) in [5.41, 5.74) is 10.3. The zero-order valence-corrected chi connectivity index (χ0v) is 28.5. The molecule has 44 heavy (non-hydrogen) atoms. The molecule has 0 bridgehead atoms. The Balaban J connectivity index is 1.53. The number of nitrogens with one attached hydrogen (secondary N) is 1. The van der Waals surface area contributed by atoms with Gasteiger partial charge in [-0.3, -0.25) is 0 Å². The fourth-order valence-electron chi connectivity index (χ4n) is 7.45. The van der Waals surface area contributed by atoms with E-state index in [1.807, 2.05) is 0 Å². The van der Waals surface area contributed by atoms with Gasteiger partial charge in [0.05, 0.1) is 0 Å². The van der Waals surface area contributed by atoms with Crippen LogP contribution in [-0.4, -0.2) is 18.7 Å². The molecule has 1 atom stereocenters. The SMILES string of the molecule is CCCCc1ccc([Si](NC(C)(C)C)(c2ccc(CCCC)cc2)C2C=C(N3Cc4ccccc4C3)c3ccccc32)cc1. The maximum atomic E-state index is 4.41. The molecule has 0 aromatic heterocycles. The van der Waals surface area contributed by atoms with Gasteiger partial charge in [-0.15, -0.1) is 0 Å². The second-order valence-corrected chi connectivity index (χ2v) is 17.7. The number of aryl methyl sites for hydroxylation is 2. The van der Waals surface area contributed by atoms with Crippen molar-refractivity contribution in [3.05, 3.63) is 137 Å². The van der Waals surface area contributed by atoms with E-state index < -0.39 is 8.24 Å². The third-order valence-electron chi connectivity index (χ3n) is 9.57. The third kappa shape index (κ3) is 6.10. The molecule has 0 saturated heterocycles. The lowest BCUT2D eigenvalue weighted by Gasteiger charge is -2.43. The zero-order chi connectivity index (χ0) is 30.7. The predicted molar refractivity (Wildman–Crippen MR) is 191 cm³/mol. The molecular formula is C41H50N2Si. The highest BCUT2D eigenvalue weighted by molar-refractivity contribution is 7.02. The van der Waals surface area contributed by atoms with Gasteiger partial charge in [0.2, 0.25) is 8.24 Å². The van der Waals surface area contributed by atoms with Crippen molar-refractivity contribution in [2.75, 3.05) is 0 Å². The Kier molecular flexibility index (Phi) is 8.98. The van der Waals surface area contributed by atoms with Crippen molar-refractivity contribution in [1.82, 2.24) is 9.88 Å². The van der Waals surface area contributed by atoms with E-state index in [1.165, 1.54) is 75.1 Å². The lowest BCUT2D eigenvalue weighted by atomic mass is 10.1. The van der Waals surface area contributed by atoms with E-state index in [0.29, 0.717) is 0 Å². The first-order valence-electron chi connectivity index (χ1n) is 16.9. The van der Waals surface area contributed by atoms with E-state index >= 15 is 0 Å². The number of rotatable bonds is 11. The summed E-state index contributed by atoms with van der Waals surface area (Å²) in [6.45, 7) is 13.6. The Morgan fingerprint density at radius 2 is 1.18 bits per heavy atom. The number of unbranched alkanes of at least 4 members (excludes halogenated alkanes) is 2. The van der Waals surface area contributed by atoms with Crippen molar-refractivity contribution in [3.63, 3.8) is 0 Å². The molecule has 1 aliphatic heterocycles. The van der Waals surface area contributed by atoms with Crippen LogP contribution in [0.15, 0.2) is 103 Å². The van der Waals surface area contributed by atoms with Crippen molar-refractivity contribution in [3.8, 4) is 0 Å². The van der Waals surface area contributed by atoms with E-state index in [1.54, 1.807) is 0 Å². The molecule has 0 fully saturated rings. The third-order valence-corrected chi connectivity index (χ3v) is 14.6. The number of fused-ring (bicyclic) bond motifs is 2. The van der Waals surface area contributed by atoms with Crippen molar-refractivity contribution in [2.24, 2.45) is 0 Å². The highest BCUT2D eigenvalue weighted by atomic mass is 28.3. The van der Waals surface area contributed by atoms with Gasteiger partial charge in [0.25, 0.3) is 0 Å². The van der Waals surface area contributed by atoms with Gasteiger partial charge < -0.3 is 9.88 Å². The quantitative estimate of drug-likeness (QED) is 0.174. The normalized spacial score (nSPS) is 16.2. The van der Waals surface area contributed by atoms with E-state index in [0.717, 1.165) is 25.9 Å². The van der Waals surface area contributed by atoms with Gasteiger partial charge in [-0.25, -0.2) is 0 Å². The molecule has 3 heteroatoms. The van der Waals surface area contributed by atoms with Crippen molar-refractivity contribution >= 4 is 24.3 Å². The van der Waals surface area contributed by atoms with E-state index in [-0.39, 0.29) is 11.1 Å². The molecule has 1 aliphatic carbocycles. The topological polar surface area (TPSA) is 15.3 Å². The molecule has 4 aromatic carbocycles. The number of hydrogen-bond acceptors (Lipinski definition) is 2. The maximum Gasteiger partial charge on any atom is 0.201 e. The first-order valence-corrected chi connectivity index (χ1v) is 19.0. The first-order chi connectivity index (χ1) is 21.3. The maximum absolute atomic E-state index is 4.41. The molecule has 2 nitrogen and oxygen atoms in total. The molecule has 0 radical (unpaired) electrons. The standard InChI is InChI=1S/C41H50N2Si/c1-6-8-14-31-20-24-35(25-21-31)44(42-41(3,4)5,36-26-22-32(23-27-36)15-9-7-2)40-28-39(37-18-12-13-19-38(37)40)43-29-33-16-10-11-17-34(33)30-43/h10-13,16-28,40,42H,6-9,14-15,29-30H2,1-5H3. The molecule has 228 valence electrons. The van der Waals surface area contributed by atoms with Crippen molar-refractivity contribution < 1.29 is 0 Å².